The van der Waals surface area contributed by atoms with Crippen molar-refractivity contribution in [1.82, 2.24) is 14.3 Å². The number of aromatic nitrogens is 3. The lowest BCUT2D eigenvalue weighted by molar-refractivity contribution is -0.137. The number of hydrogen-bond donors (Lipinski definition) is 1. The second-order valence-electron chi connectivity index (χ2n) is 9.24. The lowest BCUT2D eigenvalue weighted by atomic mass is 9.96. The maximum absolute atomic E-state index is 13.4. The third-order valence-electron chi connectivity index (χ3n) is 6.10. The van der Waals surface area contributed by atoms with Gasteiger partial charge in [-0.1, -0.05) is 32.0 Å². The van der Waals surface area contributed by atoms with Gasteiger partial charge in [0.1, 0.15) is 23.9 Å². The van der Waals surface area contributed by atoms with Crippen LogP contribution in [0.4, 0.5) is 18.3 Å². The number of hydrogen-bond acceptors (Lipinski definition) is 8. The van der Waals surface area contributed by atoms with Crippen LogP contribution in [0.25, 0.3) is 22.3 Å². The van der Waals surface area contributed by atoms with E-state index in [0.717, 1.165) is 28.3 Å². The van der Waals surface area contributed by atoms with Gasteiger partial charge in [0.15, 0.2) is 0 Å². The lowest BCUT2D eigenvalue weighted by Crippen LogP contribution is -2.04. The number of halogens is 3. The van der Waals surface area contributed by atoms with Gasteiger partial charge in [0, 0.05) is 33.9 Å². The van der Waals surface area contributed by atoms with Crippen molar-refractivity contribution in [2.24, 2.45) is 0 Å². The highest BCUT2D eigenvalue weighted by molar-refractivity contribution is 8.00. The number of benzene rings is 3. The van der Waals surface area contributed by atoms with Crippen molar-refractivity contribution in [2.75, 3.05) is 4.72 Å². The van der Waals surface area contributed by atoms with E-state index in [-0.39, 0.29) is 5.92 Å². The quantitative estimate of drug-likeness (QED) is 0.181. The molecule has 0 atom stereocenters. The van der Waals surface area contributed by atoms with Crippen molar-refractivity contribution >= 4 is 28.6 Å². The summed E-state index contributed by atoms with van der Waals surface area (Å²) in [7, 11) is 0. The minimum absolute atomic E-state index is 0.162. The van der Waals surface area contributed by atoms with Crippen LogP contribution in [-0.2, 0) is 6.18 Å². The molecule has 0 fully saturated rings. The first-order valence-electron chi connectivity index (χ1n) is 12.4. The van der Waals surface area contributed by atoms with Crippen LogP contribution in [0.3, 0.4) is 0 Å². The zero-order valence-electron chi connectivity index (χ0n) is 21.8. The second-order valence-corrected chi connectivity index (χ2v) is 10.9. The molecule has 0 aliphatic rings. The molecule has 5 rings (SSSR count). The number of nitrogens with one attached hydrogen (secondary N) is 1. The molecule has 6 nitrogen and oxygen atoms in total. The van der Waals surface area contributed by atoms with Crippen LogP contribution < -0.4 is 9.46 Å². The summed E-state index contributed by atoms with van der Waals surface area (Å²) >= 11 is 2.51. The van der Waals surface area contributed by atoms with Gasteiger partial charge in [-0.05, 0) is 89.2 Å². The van der Waals surface area contributed by atoms with Gasteiger partial charge in [-0.25, -0.2) is 4.98 Å². The van der Waals surface area contributed by atoms with E-state index in [1.54, 1.807) is 42.6 Å². The van der Waals surface area contributed by atoms with Gasteiger partial charge in [0.05, 0.1) is 11.1 Å². The van der Waals surface area contributed by atoms with E-state index < -0.39 is 11.7 Å². The van der Waals surface area contributed by atoms with Crippen molar-refractivity contribution in [3.05, 3.63) is 102 Å². The first-order chi connectivity index (χ1) is 19.7. The molecule has 11 heteroatoms. The summed E-state index contributed by atoms with van der Waals surface area (Å²) < 4.78 is 53.5. The highest BCUT2D eigenvalue weighted by atomic mass is 32.2. The van der Waals surface area contributed by atoms with Crippen LogP contribution in [0.15, 0.2) is 90.2 Å². The Morgan fingerprint density at radius 2 is 1.73 bits per heavy atom. The molecule has 0 radical (unpaired) electrons. The van der Waals surface area contributed by atoms with Gasteiger partial charge in [0.2, 0.25) is 5.13 Å². The van der Waals surface area contributed by atoms with Crippen LogP contribution in [0.2, 0.25) is 0 Å². The average molecular weight is 590 g/mol. The maximum Gasteiger partial charge on any atom is 0.416 e. The summed E-state index contributed by atoms with van der Waals surface area (Å²) in [6.45, 7) is 4.06. The number of alkyl halides is 3. The molecule has 0 spiro atoms. The molecular weight excluding hydrogens is 567 g/mol. The van der Waals surface area contributed by atoms with E-state index in [1.807, 2.05) is 32.0 Å². The molecule has 0 saturated heterocycles. The smallest absolute Gasteiger partial charge is 0.416 e. The summed E-state index contributed by atoms with van der Waals surface area (Å²) in [5, 5.41) is 10.5. The van der Waals surface area contributed by atoms with E-state index in [0.29, 0.717) is 38.9 Å². The summed E-state index contributed by atoms with van der Waals surface area (Å²) in [4.78, 5) is 9.30. The minimum atomic E-state index is -4.45. The second kappa shape index (κ2) is 12.0. The van der Waals surface area contributed by atoms with Gasteiger partial charge in [-0.15, -0.1) is 0 Å². The summed E-state index contributed by atoms with van der Waals surface area (Å²) in [6.07, 6.45) is -1.30. The summed E-state index contributed by atoms with van der Waals surface area (Å²) in [5.41, 5.74) is 2.92. The normalized spacial score (nSPS) is 11.3. The molecule has 0 bridgehead atoms. The molecule has 0 aliphatic heterocycles. The van der Waals surface area contributed by atoms with E-state index in [9.17, 15) is 18.4 Å². The van der Waals surface area contributed by atoms with Crippen molar-refractivity contribution in [3.63, 3.8) is 0 Å². The monoisotopic (exact) mass is 589 g/mol. The SMILES string of the molecule is CC(C)c1cc(-c2cc(-c3cccc(C(F)(F)F)c3)ccc2Oc2ccc(SNc3ncns3)cc2C#N)ccn1. The zero-order valence-corrected chi connectivity index (χ0v) is 23.4. The van der Waals surface area contributed by atoms with E-state index in [2.05, 4.69) is 25.1 Å². The molecule has 3 aromatic carbocycles. The number of ether oxygens (including phenoxy) is 1. The van der Waals surface area contributed by atoms with Gasteiger partial charge < -0.3 is 9.46 Å². The fraction of sp³-hybridized carbons (Fsp3) is 0.133. The van der Waals surface area contributed by atoms with Crippen LogP contribution in [0.5, 0.6) is 11.5 Å². The van der Waals surface area contributed by atoms with Gasteiger partial charge >= 0.3 is 6.18 Å². The first kappa shape index (κ1) is 28.1. The fourth-order valence-electron chi connectivity index (χ4n) is 4.02. The highest BCUT2D eigenvalue weighted by Crippen LogP contribution is 2.40. The van der Waals surface area contributed by atoms with E-state index in [4.69, 9.17) is 4.74 Å². The molecule has 0 saturated carbocycles. The van der Waals surface area contributed by atoms with Crippen LogP contribution in [0, 0.1) is 11.3 Å². The van der Waals surface area contributed by atoms with Crippen LogP contribution in [0.1, 0.15) is 36.6 Å². The minimum Gasteiger partial charge on any atom is -0.455 e. The van der Waals surface area contributed by atoms with Gasteiger partial charge in [-0.2, -0.15) is 22.8 Å². The molecule has 2 aromatic heterocycles. The fourth-order valence-corrected chi connectivity index (χ4v) is 5.15. The van der Waals surface area contributed by atoms with E-state index >= 15 is 0 Å². The zero-order chi connectivity index (χ0) is 29.0. The molecule has 1 N–H and O–H groups in total. The predicted octanol–water partition coefficient (Wildman–Crippen LogP) is 9.19. The Morgan fingerprint density at radius 3 is 2.46 bits per heavy atom. The topological polar surface area (TPSA) is 83.7 Å². The molecule has 5 aromatic rings. The Bertz CT molecular complexity index is 1720. The Morgan fingerprint density at radius 1 is 0.927 bits per heavy atom. The van der Waals surface area contributed by atoms with Crippen LogP contribution >= 0.6 is 23.5 Å². The van der Waals surface area contributed by atoms with Gasteiger partial charge in [0.25, 0.3) is 0 Å². The Kier molecular flexibility index (Phi) is 8.23. The molecule has 41 heavy (non-hydrogen) atoms. The predicted molar refractivity (Wildman–Crippen MR) is 155 cm³/mol. The molecule has 0 unspecified atom stereocenters. The summed E-state index contributed by atoms with van der Waals surface area (Å²) in [5.74, 6) is 0.958. The number of nitrogens with zero attached hydrogens (tertiary/aromatic N) is 4. The molecule has 2 heterocycles. The van der Waals surface area contributed by atoms with Crippen molar-refractivity contribution in [3.8, 4) is 39.8 Å². The highest BCUT2D eigenvalue weighted by Gasteiger charge is 2.30. The van der Waals surface area contributed by atoms with Crippen molar-refractivity contribution in [2.45, 2.75) is 30.8 Å². The number of nitriles is 1. The molecule has 206 valence electrons. The number of rotatable bonds is 8. The standard InChI is InChI=1S/C30H22F3N5OS2/c1-18(2)26-15-21(10-11-35-26)25-14-20(19-4-3-5-23(12-19)30(31,32)33)6-8-28(25)39-27-9-7-24(13-22(27)16-34)40-38-29-36-17-37-41-29/h3-15,17-18H,1-2H3,(H,36,37,38). The molecule has 0 amide bonds. The third kappa shape index (κ3) is 6.67. The Labute approximate surface area is 243 Å². The maximum atomic E-state index is 13.4. The third-order valence-corrected chi connectivity index (χ3v) is 7.59. The van der Waals surface area contributed by atoms with Gasteiger partial charge in [-0.3, -0.25) is 4.98 Å². The van der Waals surface area contributed by atoms with Crippen molar-refractivity contribution in [1.29, 1.82) is 5.26 Å². The van der Waals surface area contributed by atoms with Crippen molar-refractivity contribution < 1.29 is 17.9 Å². The largest absolute Gasteiger partial charge is 0.455 e. The molecule has 0 aliphatic carbocycles. The number of anilines is 1. The molecular formula is C30H22F3N5OS2. The Hall–Kier alpha value is -4.40. The van der Waals surface area contributed by atoms with E-state index in [1.165, 1.54) is 35.9 Å². The average Bonchev–Trinajstić information content (AvgIpc) is 3.50. The number of pyridine rings is 1. The Balaban J connectivity index is 1.53. The lowest BCUT2D eigenvalue weighted by Gasteiger charge is -2.16. The van der Waals surface area contributed by atoms with Crippen LogP contribution in [-0.4, -0.2) is 14.3 Å². The first-order valence-corrected chi connectivity index (χ1v) is 14.0. The summed E-state index contributed by atoms with van der Waals surface area (Å²) in [6, 6.07) is 21.6.